The maximum atomic E-state index is 12.9. The van der Waals surface area contributed by atoms with Crippen molar-refractivity contribution in [1.29, 1.82) is 0 Å². The van der Waals surface area contributed by atoms with Crippen molar-refractivity contribution < 1.29 is 23.8 Å². The fourth-order valence-corrected chi connectivity index (χ4v) is 3.48. The fourth-order valence-electron chi connectivity index (χ4n) is 3.26. The van der Waals surface area contributed by atoms with E-state index in [-0.39, 0.29) is 10.7 Å². The molecular weight excluding hydrogens is 452 g/mol. The molecule has 176 valence electrons. The van der Waals surface area contributed by atoms with Crippen molar-refractivity contribution in [2.24, 2.45) is 0 Å². The summed E-state index contributed by atoms with van der Waals surface area (Å²) in [6, 6.07) is 21.6. The Balaban J connectivity index is 1.79. The van der Waals surface area contributed by atoms with E-state index in [1.807, 2.05) is 53.4 Å². The lowest BCUT2D eigenvalue weighted by Crippen LogP contribution is -2.42. The van der Waals surface area contributed by atoms with Crippen LogP contribution in [-0.2, 0) is 17.8 Å². The molecule has 1 amide bonds. The molecule has 0 unspecified atom stereocenters. The molecule has 3 rings (SSSR count). The van der Waals surface area contributed by atoms with Crippen LogP contribution in [0.3, 0.4) is 0 Å². The highest BCUT2D eigenvalue weighted by Gasteiger charge is 2.17. The lowest BCUT2D eigenvalue weighted by molar-refractivity contribution is 0.0600. The SMILES string of the molecule is COC(=O)c1cccc(C(=O)NC(=S)N(Cc2ccc(OC)cc2)Cc2ccc(OC)cc2)c1. The zero-order valence-electron chi connectivity index (χ0n) is 19.2. The summed E-state index contributed by atoms with van der Waals surface area (Å²) in [7, 11) is 4.52. The van der Waals surface area contributed by atoms with Gasteiger partial charge in [-0.05, 0) is 65.8 Å². The number of esters is 1. The van der Waals surface area contributed by atoms with Gasteiger partial charge in [-0.3, -0.25) is 10.1 Å². The number of carbonyl (C=O) groups excluding carboxylic acids is 2. The van der Waals surface area contributed by atoms with Gasteiger partial charge in [-0.15, -0.1) is 0 Å². The maximum absolute atomic E-state index is 12.9. The van der Waals surface area contributed by atoms with Crippen LogP contribution in [0.4, 0.5) is 0 Å². The molecule has 1 N–H and O–H groups in total. The predicted octanol–water partition coefficient (Wildman–Crippen LogP) is 4.21. The normalized spacial score (nSPS) is 10.2. The van der Waals surface area contributed by atoms with Gasteiger partial charge in [-0.1, -0.05) is 30.3 Å². The predicted molar refractivity (Wildman–Crippen MR) is 133 cm³/mol. The minimum atomic E-state index is -0.516. The number of hydrogen-bond donors (Lipinski definition) is 1. The van der Waals surface area contributed by atoms with Gasteiger partial charge in [0.15, 0.2) is 5.11 Å². The molecule has 0 atom stereocenters. The molecule has 3 aromatic carbocycles. The van der Waals surface area contributed by atoms with E-state index in [0.29, 0.717) is 18.7 Å². The van der Waals surface area contributed by atoms with Gasteiger partial charge in [0.25, 0.3) is 5.91 Å². The minimum absolute atomic E-state index is 0.264. The Labute approximate surface area is 204 Å². The third-order valence-corrected chi connectivity index (χ3v) is 5.48. The van der Waals surface area contributed by atoms with Gasteiger partial charge in [0.2, 0.25) is 0 Å². The second-order valence-corrected chi connectivity index (χ2v) is 7.77. The maximum Gasteiger partial charge on any atom is 0.337 e. The summed E-state index contributed by atoms with van der Waals surface area (Å²) in [5.74, 6) is 0.585. The Morgan fingerprint density at radius 3 is 1.76 bits per heavy atom. The van der Waals surface area contributed by atoms with Crippen LogP contribution in [0.2, 0.25) is 0 Å². The number of benzene rings is 3. The summed E-state index contributed by atoms with van der Waals surface area (Å²) in [5, 5.41) is 3.05. The van der Waals surface area contributed by atoms with Crippen molar-refractivity contribution in [3.05, 3.63) is 95.1 Å². The molecule has 0 saturated carbocycles. The number of nitrogens with zero attached hydrogens (tertiary/aromatic N) is 1. The van der Waals surface area contributed by atoms with Crippen molar-refractivity contribution in [3.63, 3.8) is 0 Å². The summed E-state index contributed by atoms with van der Waals surface area (Å²) >= 11 is 5.61. The molecule has 3 aromatic rings. The van der Waals surface area contributed by atoms with Crippen molar-refractivity contribution in [2.45, 2.75) is 13.1 Å². The standard InChI is InChI=1S/C26H26N2O5S/c1-31-22-11-7-18(8-12-22)16-28(17-19-9-13-23(32-2)14-10-19)26(34)27-24(29)20-5-4-6-21(15-20)25(30)33-3/h4-15H,16-17H2,1-3H3,(H,27,29,34). The van der Waals surface area contributed by atoms with Crippen molar-refractivity contribution in [2.75, 3.05) is 21.3 Å². The van der Waals surface area contributed by atoms with Crippen LogP contribution >= 0.6 is 12.2 Å². The Kier molecular flexibility index (Phi) is 8.59. The van der Waals surface area contributed by atoms with Gasteiger partial charge < -0.3 is 19.1 Å². The Morgan fingerprint density at radius 2 is 1.29 bits per heavy atom. The first-order valence-corrected chi connectivity index (χ1v) is 10.9. The fraction of sp³-hybridized carbons (Fsp3) is 0.192. The van der Waals surface area contributed by atoms with Crippen LogP contribution in [0.1, 0.15) is 31.8 Å². The van der Waals surface area contributed by atoms with Gasteiger partial charge in [-0.2, -0.15) is 0 Å². The van der Waals surface area contributed by atoms with E-state index in [9.17, 15) is 9.59 Å². The number of hydrogen-bond acceptors (Lipinski definition) is 6. The summed E-state index contributed by atoms with van der Waals surface area (Å²) in [6.45, 7) is 0.939. The van der Waals surface area contributed by atoms with Crippen molar-refractivity contribution in [3.8, 4) is 11.5 Å². The molecule has 0 aromatic heterocycles. The van der Waals surface area contributed by atoms with E-state index in [1.54, 1.807) is 32.4 Å². The third kappa shape index (κ3) is 6.55. The van der Waals surface area contributed by atoms with Crippen LogP contribution < -0.4 is 14.8 Å². The monoisotopic (exact) mass is 478 g/mol. The molecule has 0 heterocycles. The highest BCUT2D eigenvalue weighted by molar-refractivity contribution is 7.80. The van der Waals surface area contributed by atoms with E-state index in [0.717, 1.165) is 22.6 Å². The molecule has 7 nitrogen and oxygen atoms in total. The first-order valence-electron chi connectivity index (χ1n) is 10.5. The number of thiocarbonyl (C=S) groups is 1. The van der Waals surface area contributed by atoms with Crippen molar-refractivity contribution >= 4 is 29.2 Å². The van der Waals surface area contributed by atoms with E-state index in [4.69, 9.17) is 26.4 Å². The van der Waals surface area contributed by atoms with Crippen LogP contribution in [0.25, 0.3) is 0 Å². The molecule has 0 aliphatic rings. The zero-order valence-corrected chi connectivity index (χ0v) is 20.1. The van der Waals surface area contributed by atoms with Gasteiger partial charge in [0.1, 0.15) is 11.5 Å². The third-order valence-electron chi connectivity index (χ3n) is 5.12. The van der Waals surface area contributed by atoms with Crippen LogP contribution in [0.5, 0.6) is 11.5 Å². The zero-order chi connectivity index (χ0) is 24.5. The Morgan fingerprint density at radius 1 is 0.794 bits per heavy atom. The van der Waals surface area contributed by atoms with Gasteiger partial charge in [-0.25, -0.2) is 4.79 Å². The van der Waals surface area contributed by atoms with E-state index in [1.165, 1.54) is 13.2 Å². The highest BCUT2D eigenvalue weighted by Crippen LogP contribution is 2.17. The highest BCUT2D eigenvalue weighted by atomic mass is 32.1. The second kappa shape index (κ2) is 11.8. The van der Waals surface area contributed by atoms with Gasteiger partial charge in [0.05, 0.1) is 26.9 Å². The largest absolute Gasteiger partial charge is 0.497 e. The Hall–Kier alpha value is -3.91. The van der Waals surface area contributed by atoms with Crippen LogP contribution in [0.15, 0.2) is 72.8 Å². The molecule has 0 aliphatic carbocycles. The molecule has 0 fully saturated rings. The first kappa shape index (κ1) is 24.7. The summed E-state index contributed by atoms with van der Waals surface area (Å²) < 4.78 is 15.2. The molecule has 34 heavy (non-hydrogen) atoms. The molecule has 0 saturated heterocycles. The average Bonchev–Trinajstić information content (AvgIpc) is 2.88. The van der Waals surface area contributed by atoms with E-state index in [2.05, 4.69) is 5.32 Å². The quantitative estimate of drug-likeness (QED) is 0.384. The first-order chi connectivity index (χ1) is 16.4. The van der Waals surface area contributed by atoms with E-state index < -0.39 is 11.9 Å². The lowest BCUT2D eigenvalue weighted by atomic mass is 10.1. The number of ether oxygens (including phenoxy) is 3. The van der Waals surface area contributed by atoms with Gasteiger partial charge in [0, 0.05) is 18.7 Å². The smallest absolute Gasteiger partial charge is 0.337 e. The molecule has 0 aliphatic heterocycles. The number of methoxy groups -OCH3 is 3. The topological polar surface area (TPSA) is 77.1 Å². The second-order valence-electron chi connectivity index (χ2n) is 7.38. The molecule has 8 heteroatoms. The Bertz CT molecular complexity index is 1100. The molecule has 0 spiro atoms. The molecule has 0 bridgehead atoms. The lowest BCUT2D eigenvalue weighted by Gasteiger charge is -2.26. The van der Waals surface area contributed by atoms with Crippen LogP contribution in [-0.4, -0.2) is 43.2 Å². The van der Waals surface area contributed by atoms with Crippen LogP contribution in [0, 0.1) is 0 Å². The van der Waals surface area contributed by atoms with Crippen molar-refractivity contribution in [1.82, 2.24) is 10.2 Å². The number of rotatable bonds is 8. The van der Waals surface area contributed by atoms with E-state index >= 15 is 0 Å². The summed E-state index contributed by atoms with van der Waals surface area (Å²) in [5.41, 5.74) is 2.59. The number of carbonyl (C=O) groups is 2. The molecular formula is C26H26N2O5S. The summed E-state index contributed by atoms with van der Waals surface area (Å²) in [4.78, 5) is 26.6. The minimum Gasteiger partial charge on any atom is -0.497 e. The van der Waals surface area contributed by atoms with Gasteiger partial charge >= 0.3 is 5.97 Å². The summed E-state index contributed by atoms with van der Waals surface area (Å²) in [6.07, 6.45) is 0. The number of amides is 1. The molecule has 0 radical (unpaired) electrons. The average molecular weight is 479 g/mol. The number of nitrogens with one attached hydrogen (secondary N) is 1.